The van der Waals surface area contributed by atoms with Crippen molar-refractivity contribution in [3.63, 3.8) is 0 Å². The van der Waals surface area contributed by atoms with Crippen LogP contribution in [0.2, 0.25) is 0 Å². The van der Waals surface area contributed by atoms with Gasteiger partial charge in [-0.05, 0) is 23.3 Å². The number of hydrogen-bond donors (Lipinski definition) is 1. The maximum absolute atomic E-state index is 10.9. The van der Waals surface area contributed by atoms with E-state index in [4.69, 9.17) is 5.11 Å². The first-order valence-electron chi connectivity index (χ1n) is 4.49. The summed E-state index contributed by atoms with van der Waals surface area (Å²) in [4.78, 5) is 21.4. The van der Waals surface area contributed by atoms with Gasteiger partial charge >= 0.3 is 5.97 Å². The van der Waals surface area contributed by atoms with Crippen LogP contribution in [0.1, 0.15) is 21.5 Å². The standard InChI is InChI=1S/C12H8O3/c13-7-8-4-5-10-9(6-8)2-1-3-11(10)12(14)15/h1-5H,6H2,(H,14,15). The van der Waals surface area contributed by atoms with Crippen LogP contribution in [0, 0.1) is 0 Å². The molecule has 0 radical (unpaired) electrons. The predicted octanol–water partition coefficient (Wildman–Crippen LogP) is 1.71. The SMILES string of the molecule is O=C=C1C=Cc2c(cccc2C(=O)O)C1. The van der Waals surface area contributed by atoms with Crippen molar-refractivity contribution >= 4 is 18.0 Å². The van der Waals surface area contributed by atoms with Crippen molar-refractivity contribution < 1.29 is 14.7 Å². The van der Waals surface area contributed by atoms with E-state index in [2.05, 4.69) is 0 Å². The van der Waals surface area contributed by atoms with E-state index in [1.54, 1.807) is 24.3 Å². The first kappa shape index (κ1) is 9.44. The Balaban J connectivity index is 2.60. The molecule has 1 aliphatic rings. The second-order valence-electron chi connectivity index (χ2n) is 3.32. The topological polar surface area (TPSA) is 54.4 Å². The molecule has 0 aromatic heterocycles. The quantitative estimate of drug-likeness (QED) is 0.702. The van der Waals surface area contributed by atoms with Gasteiger partial charge in [-0.2, -0.15) is 0 Å². The van der Waals surface area contributed by atoms with E-state index in [1.807, 2.05) is 12.0 Å². The summed E-state index contributed by atoms with van der Waals surface area (Å²) in [6.07, 6.45) is 3.72. The lowest BCUT2D eigenvalue weighted by Crippen LogP contribution is -2.06. The molecule has 1 aromatic carbocycles. The summed E-state index contributed by atoms with van der Waals surface area (Å²) < 4.78 is 0. The fourth-order valence-electron chi connectivity index (χ4n) is 1.67. The molecule has 0 unspecified atom stereocenters. The van der Waals surface area contributed by atoms with E-state index < -0.39 is 5.97 Å². The van der Waals surface area contributed by atoms with Gasteiger partial charge in [-0.15, -0.1) is 0 Å². The number of benzene rings is 1. The number of carbonyl (C=O) groups is 1. The predicted molar refractivity (Wildman–Crippen MR) is 55.3 cm³/mol. The van der Waals surface area contributed by atoms with Gasteiger partial charge < -0.3 is 5.11 Å². The number of hydrogen-bond acceptors (Lipinski definition) is 2. The Hall–Kier alpha value is -2.12. The third kappa shape index (κ3) is 1.60. The zero-order valence-electron chi connectivity index (χ0n) is 7.86. The molecule has 0 bridgehead atoms. The first-order valence-corrected chi connectivity index (χ1v) is 4.49. The molecule has 1 aromatic rings. The third-order valence-corrected chi connectivity index (χ3v) is 2.39. The molecule has 0 spiro atoms. The number of carboxylic acid groups (broad SMARTS) is 1. The Kier molecular flexibility index (Phi) is 2.24. The molecule has 1 aliphatic carbocycles. The van der Waals surface area contributed by atoms with Crippen molar-refractivity contribution in [2.45, 2.75) is 6.42 Å². The van der Waals surface area contributed by atoms with Crippen molar-refractivity contribution in [2.24, 2.45) is 0 Å². The summed E-state index contributed by atoms with van der Waals surface area (Å²) in [5.41, 5.74) is 2.36. The maximum Gasteiger partial charge on any atom is 0.336 e. The third-order valence-electron chi connectivity index (χ3n) is 2.39. The molecule has 0 fully saturated rings. The minimum Gasteiger partial charge on any atom is -0.478 e. The zero-order valence-corrected chi connectivity index (χ0v) is 7.86. The van der Waals surface area contributed by atoms with Gasteiger partial charge in [0.25, 0.3) is 0 Å². The molecule has 0 amide bonds. The van der Waals surface area contributed by atoms with Crippen LogP contribution in [0.5, 0.6) is 0 Å². The molecule has 0 atom stereocenters. The van der Waals surface area contributed by atoms with Gasteiger partial charge in [0.1, 0.15) is 5.94 Å². The Morgan fingerprint density at radius 1 is 1.33 bits per heavy atom. The number of allylic oxidation sites excluding steroid dienone is 2. The minimum absolute atomic E-state index is 0.272. The molecule has 2 rings (SSSR count). The van der Waals surface area contributed by atoms with Crippen LogP contribution in [0.25, 0.3) is 6.08 Å². The Morgan fingerprint density at radius 2 is 2.13 bits per heavy atom. The first-order chi connectivity index (χ1) is 7.22. The summed E-state index contributed by atoms with van der Waals surface area (Å²) in [5.74, 6) is 0.877. The molecule has 74 valence electrons. The summed E-state index contributed by atoms with van der Waals surface area (Å²) in [6.45, 7) is 0. The lowest BCUT2D eigenvalue weighted by Gasteiger charge is -2.12. The normalized spacial score (nSPS) is 13.2. The average molecular weight is 200 g/mol. The number of aromatic carboxylic acids is 1. The van der Waals surface area contributed by atoms with Gasteiger partial charge in [-0.25, -0.2) is 9.59 Å². The molecule has 0 aliphatic heterocycles. The van der Waals surface area contributed by atoms with Crippen LogP contribution in [0.15, 0.2) is 29.8 Å². The maximum atomic E-state index is 10.9. The number of fused-ring (bicyclic) bond motifs is 1. The van der Waals surface area contributed by atoms with Gasteiger partial charge in [0, 0.05) is 12.0 Å². The summed E-state index contributed by atoms with van der Waals surface area (Å²) >= 11 is 0. The largest absolute Gasteiger partial charge is 0.478 e. The van der Waals surface area contributed by atoms with E-state index in [0.717, 1.165) is 5.56 Å². The number of carbonyl (C=O) groups excluding carboxylic acids is 1. The fourth-order valence-corrected chi connectivity index (χ4v) is 1.67. The van der Waals surface area contributed by atoms with Crippen LogP contribution in [0.3, 0.4) is 0 Å². The van der Waals surface area contributed by atoms with Crippen LogP contribution < -0.4 is 0 Å². The van der Waals surface area contributed by atoms with E-state index in [0.29, 0.717) is 17.6 Å². The second-order valence-corrected chi connectivity index (χ2v) is 3.32. The molecule has 0 saturated heterocycles. The van der Waals surface area contributed by atoms with Crippen LogP contribution in [0.4, 0.5) is 0 Å². The summed E-state index contributed by atoms with van der Waals surface area (Å²) in [5, 5.41) is 8.95. The van der Waals surface area contributed by atoms with E-state index >= 15 is 0 Å². The molecule has 3 heteroatoms. The number of rotatable bonds is 1. The fraction of sp³-hybridized carbons (Fsp3) is 0.0833. The average Bonchev–Trinajstić information content (AvgIpc) is 2.27. The van der Waals surface area contributed by atoms with Gasteiger partial charge in [-0.1, -0.05) is 18.2 Å². The van der Waals surface area contributed by atoms with Crippen molar-refractivity contribution in [1.29, 1.82) is 0 Å². The van der Waals surface area contributed by atoms with Crippen LogP contribution in [-0.4, -0.2) is 17.0 Å². The van der Waals surface area contributed by atoms with Gasteiger partial charge in [0.05, 0.1) is 5.56 Å². The highest BCUT2D eigenvalue weighted by molar-refractivity contribution is 5.93. The minimum atomic E-state index is -0.949. The Bertz CT molecular complexity index is 506. The van der Waals surface area contributed by atoms with E-state index in [1.165, 1.54) is 0 Å². The molecule has 0 heterocycles. The molecule has 15 heavy (non-hydrogen) atoms. The molecular formula is C12H8O3. The molecule has 3 nitrogen and oxygen atoms in total. The second kappa shape index (κ2) is 3.56. The van der Waals surface area contributed by atoms with Crippen molar-refractivity contribution in [2.75, 3.05) is 0 Å². The molecule has 1 N–H and O–H groups in total. The van der Waals surface area contributed by atoms with Crippen molar-refractivity contribution in [3.05, 3.63) is 46.5 Å². The Labute approximate surface area is 86.4 Å². The van der Waals surface area contributed by atoms with Crippen molar-refractivity contribution in [1.82, 2.24) is 0 Å². The van der Waals surface area contributed by atoms with Crippen LogP contribution in [-0.2, 0) is 11.2 Å². The van der Waals surface area contributed by atoms with Crippen molar-refractivity contribution in [3.8, 4) is 0 Å². The number of carboxylic acids is 1. The summed E-state index contributed by atoms with van der Waals surface area (Å²) in [6, 6.07) is 5.06. The van der Waals surface area contributed by atoms with E-state index in [-0.39, 0.29) is 5.56 Å². The molecule has 0 saturated carbocycles. The summed E-state index contributed by atoms with van der Waals surface area (Å²) in [7, 11) is 0. The molecular weight excluding hydrogens is 192 g/mol. The van der Waals surface area contributed by atoms with Gasteiger partial charge in [0.15, 0.2) is 0 Å². The zero-order chi connectivity index (χ0) is 10.8. The highest BCUT2D eigenvalue weighted by atomic mass is 16.4. The van der Waals surface area contributed by atoms with Gasteiger partial charge in [-0.3, -0.25) is 0 Å². The monoisotopic (exact) mass is 200 g/mol. The smallest absolute Gasteiger partial charge is 0.336 e. The van der Waals surface area contributed by atoms with Crippen LogP contribution >= 0.6 is 0 Å². The highest BCUT2D eigenvalue weighted by Gasteiger charge is 2.15. The highest BCUT2D eigenvalue weighted by Crippen LogP contribution is 2.24. The lowest BCUT2D eigenvalue weighted by molar-refractivity contribution is 0.0696. The Morgan fingerprint density at radius 3 is 2.80 bits per heavy atom. The lowest BCUT2D eigenvalue weighted by atomic mass is 9.91. The van der Waals surface area contributed by atoms with E-state index in [9.17, 15) is 9.59 Å². The van der Waals surface area contributed by atoms with Gasteiger partial charge in [0.2, 0.25) is 0 Å².